The van der Waals surface area contributed by atoms with Gasteiger partial charge in [0.05, 0.1) is 12.7 Å². The average molecular weight is 273 g/mol. The molecule has 0 spiro atoms. The van der Waals surface area contributed by atoms with Gasteiger partial charge in [-0.25, -0.2) is 4.79 Å². The number of alkyl halides is 3. The van der Waals surface area contributed by atoms with E-state index in [4.69, 9.17) is 0 Å². The molecule has 1 aromatic carbocycles. The van der Waals surface area contributed by atoms with Gasteiger partial charge in [-0.2, -0.15) is 13.2 Å². The fourth-order valence-corrected chi connectivity index (χ4v) is 1.36. The third kappa shape index (κ3) is 4.65. The van der Waals surface area contributed by atoms with Gasteiger partial charge < -0.3 is 10.1 Å². The molecule has 0 aliphatic heterocycles. The number of carbonyl (C=O) groups excluding carboxylic acids is 1. The molecule has 0 aliphatic carbocycles. The first-order valence-electron chi connectivity index (χ1n) is 5.59. The second-order valence-corrected chi connectivity index (χ2v) is 3.75. The third-order valence-corrected chi connectivity index (χ3v) is 2.39. The van der Waals surface area contributed by atoms with E-state index in [0.717, 1.165) is 12.1 Å². The highest BCUT2D eigenvalue weighted by molar-refractivity contribution is 5.83. The molecule has 0 saturated heterocycles. The lowest BCUT2D eigenvalue weighted by atomic mass is 10.2. The van der Waals surface area contributed by atoms with E-state index in [2.05, 4.69) is 10.1 Å². The molecule has 0 heterocycles. The summed E-state index contributed by atoms with van der Waals surface area (Å²) in [6.07, 6.45) is -2.57. The van der Waals surface area contributed by atoms with Crippen molar-refractivity contribution < 1.29 is 22.7 Å². The van der Waals surface area contributed by atoms with E-state index >= 15 is 0 Å². The zero-order chi connectivity index (χ0) is 14.5. The number of ether oxygens (including phenoxy) is 1. The Balaban J connectivity index is 2.82. The van der Waals surface area contributed by atoms with Crippen LogP contribution in [-0.2, 0) is 15.7 Å². The van der Waals surface area contributed by atoms with Crippen LogP contribution in [0.1, 0.15) is 18.9 Å². The molecule has 0 amide bonds. The van der Waals surface area contributed by atoms with Crippen LogP contribution in [0, 0.1) is 0 Å². The lowest BCUT2D eigenvalue weighted by Gasteiger charge is -2.11. The highest BCUT2D eigenvalue weighted by Gasteiger charge is 2.29. The van der Waals surface area contributed by atoms with Gasteiger partial charge in [-0.1, -0.05) is 6.92 Å². The van der Waals surface area contributed by atoms with Gasteiger partial charge >= 0.3 is 12.1 Å². The van der Waals surface area contributed by atoms with E-state index in [-0.39, 0.29) is 0 Å². The summed E-state index contributed by atoms with van der Waals surface area (Å²) in [7, 11) is 1.25. The Kier molecular flexibility index (Phi) is 4.97. The van der Waals surface area contributed by atoms with Crippen LogP contribution >= 0.6 is 0 Å². The van der Waals surface area contributed by atoms with Gasteiger partial charge in [-0.3, -0.25) is 0 Å². The molecule has 0 unspecified atom stereocenters. The molecular formula is C13H14F3NO2. The summed E-state index contributed by atoms with van der Waals surface area (Å²) >= 11 is 0. The van der Waals surface area contributed by atoms with Crippen LogP contribution in [0.4, 0.5) is 18.9 Å². The number of carbonyl (C=O) groups is 1. The molecule has 0 fully saturated rings. The first-order chi connectivity index (χ1) is 8.86. The van der Waals surface area contributed by atoms with E-state index in [1.54, 1.807) is 0 Å². The number of anilines is 1. The molecule has 0 aliphatic rings. The topological polar surface area (TPSA) is 38.3 Å². The highest BCUT2D eigenvalue weighted by atomic mass is 19.4. The number of esters is 1. The lowest BCUT2D eigenvalue weighted by Crippen LogP contribution is -2.06. The van der Waals surface area contributed by atoms with Crippen LogP contribution < -0.4 is 5.32 Å². The molecule has 104 valence electrons. The molecule has 3 nitrogen and oxygen atoms in total. The van der Waals surface area contributed by atoms with Crippen molar-refractivity contribution in [3.8, 4) is 0 Å². The maximum Gasteiger partial charge on any atom is 0.416 e. The van der Waals surface area contributed by atoms with Crippen molar-refractivity contribution in [3.63, 3.8) is 0 Å². The SMILES string of the molecule is CCC(=CC(=O)OC)Nc1ccc(C(F)(F)F)cc1. The number of rotatable bonds is 4. The predicted molar refractivity (Wildman–Crippen MR) is 65.5 cm³/mol. The first-order valence-corrected chi connectivity index (χ1v) is 5.59. The van der Waals surface area contributed by atoms with Gasteiger partial charge in [0.1, 0.15) is 0 Å². The maximum absolute atomic E-state index is 12.4. The molecule has 1 N–H and O–H groups in total. The molecular weight excluding hydrogens is 259 g/mol. The fraction of sp³-hybridized carbons (Fsp3) is 0.308. The van der Waals surface area contributed by atoms with E-state index in [9.17, 15) is 18.0 Å². The van der Waals surface area contributed by atoms with Crippen LogP contribution in [-0.4, -0.2) is 13.1 Å². The molecule has 6 heteroatoms. The summed E-state index contributed by atoms with van der Waals surface area (Å²) in [4.78, 5) is 11.1. The summed E-state index contributed by atoms with van der Waals surface area (Å²) in [5, 5.41) is 2.87. The van der Waals surface area contributed by atoms with Crippen LogP contribution in [0.3, 0.4) is 0 Å². The van der Waals surface area contributed by atoms with Crippen molar-refractivity contribution >= 4 is 11.7 Å². The summed E-state index contributed by atoms with van der Waals surface area (Å²) in [5.41, 5.74) is 0.324. The van der Waals surface area contributed by atoms with E-state index in [0.29, 0.717) is 17.8 Å². The summed E-state index contributed by atoms with van der Waals surface area (Å²) in [6.45, 7) is 1.81. The van der Waals surface area contributed by atoms with Crippen molar-refractivity contribution in [1.82, 2.24) is 0 Å². The number of methoxy groups -OCH3 is 1. The Morgan fingerprint density at radius 2 is 1.89 bits per heavy atom. The molecule has 0 aromatic heterocycles. The van der Waals surface area contributed by atoms with Gasteiger partial charge in [0.25, 0.3) is 0 Å². The van der Waals surface area contributed by atoms with Crippen molar-refractivity contribution in [1.29, 1.82) is 0 Å². The fourth-order valence-electron chi connectivity index (χ4n) is 1.36. The van der Waals surface area contributed by atoms with Crippen LogP contribution in [0.2, 0.25) is 0 Å². The minimum atomic E-state index is -4.35. The largest absolute Gasteiger partial charge is 0.466 e. The third-order valence-electron chi connectivity index (χ3n) is 2.39. The standard InChI is InChI=1S/C13H14F3NO2/c1-3-10(8-12(18)19-2)17-11-6-4-9(5-7-11)13(14,15)16/h4-8,17H,3H2,1-2H3. The summed E-state index contributed by atoms with van der Waals surface area (Å²) in [6, 6.07) is 4.58. The Labute approximate surface area is 109 Å². The quantitative estimate of drug-likeness (QED) is 0.673. The van der Waals surface area contributed by atoms with Gasteiger partial charge in [0.2, 0.25) is 0 Å². The normalized spacial score (nSPS) is 12.2. The second-order valence-electron chi connectivity index (χ2n) is 3.75. The van der Waals surface area contributed by atoms with Gasteiger partial charge in [0, 0.05) is 17.5 Å². The number of nitrogens with one attached hydrogen (secondary N) is 1. The molecule has 0 atom stereocenters. The van der Waals surface area contributed by atoms with Crippen molar-refractivity contribution in [3.05, 3.63) is 41.6 Å². The molecule has 1 aromatic rings. The van der Waals surface area contributed by atoms with Crippen LogP contribution in [0.15, 0.2) is 36.0 Å². The van der Waals surface area contributed by atoms with Gasteiger partial charge in [-0.05, 0) is 30.7 Å². The first kappa shape index (κ1) is 15.1. The minimum Gasteiger partial charge on any atom is -0.466 e. The maximum atomic E-state index is 12.4. The monoisotopic (exact) mass is 273 g/mol. The Hall–Kier alpha value is -1.98. The molecule has 0 saturated carbocycles. The number of halogens is 3. The highest BCUT2D eigenvalue weighted by Crippen LogP contribution is 2.30. The lowest BCUT2D eigenvalue weighted by molar-refractivity contribution is -0.137. The number of benzene rings is 1. The molecule has 0 radical (unpaired) electrons. The summed E-state index contributed by atoms with van der Waals surface area (Å²) < 4.78 is 41.6. The van der Waals surface area contributed by atoms with E-state index in [1.165, 1.54) is 25.3 Å². The Morgan fingerprint density at radius 3 is 2.32 bits per heavy atom. The summed E-state index contributed by atoms with van der Waals surface area (Å²) in [5.74, 6) is -0.517. The smallest absolute Gasteiger partial charge is 0.416 e. The molecule has 0 bridgehead atoms. The van der Waals surface area contributed by atoms with Gasteiger partial charge in [-0.15, -0.1) is 0 Å². The minimum absolute atomic E-state index is 0.477. The van der Waals surface area contributed by atoms with E-state index in [1.807, 2.05) is 6.92 Å². The van der Waals surface area contributed by atoms with Crippen LogP contribution in [0.25, 0.3) is 0 Å². The Morgan fingerprint density at radius 1 is 1.32 bits per heavy atom. The van der Waals surface area contributed by atoms with Gasteiger partial charge in [0.15, 0.2) is 0 Å². The van der Waals surface area contributed by atoms with Crippen molar-refractivity contribution in [2.24, 2.45) is 0 Å². The molecule has 19 heavy (non-hydrogen) atoms. The predicted octanol–water partition coefficient (Wildman–Crippen LogP) is 3.58. The van der Waals surface area contributed by atoms with Crippen molar-refractivity contribution in [2.45, 2.75) is 19.5 Å². The molecule has 1 rings (SSSR count). The number of hydrogen-bond donors (Lipinski definition) is 1. The zero-order valence-corrected chi connectivity index (χ0v) is 10.5. The average Bonchev–Trinajstić information content (AvgIpc) is 2.37. The van der Waals surface area contributed by atoms with Crippen LogP contribution in [0.5, 0.6) is 0 Å². The number of allylic oxidation sites excluding steroid dienone is 1. The van der Waals surface area contributed by atoms with Crippen molar-refractivity contribution in [2.75, 3.05) is 12.4 Å². The zero-order valence-electron chi connectivity index (χ0n) is 10.5. The second kappa shape index (κ2) is 6.26. The number of hydrogen-bond acceptors (Lipinski definition) is 3. The van der Waals surface area contributed by atoms with E-state index < -0.39 is 17.7 Å². The Bertz CT molecular complexity index is 464.